The zero-order valence-electron chi connectivity index (χ0n) is 13.0. The Morgan fingerprint density at radius 2 is 2.00 bits per heavy atom. The largest absolute Gasteiger partial charge is 0.363 e. The minimum atomic E-state index is -0.220. The molecule has 4 nitrogen and oxygen atoms in total. The van der Waals surface area contributed by atoms with E-state index in [0.29, 0.717) is 6.54 Å². The second-order valence-corrected chi connectivity index (χ2v) is 5.32. The van der Waals surface area contributed by atoms with Gasteiger partial charge < -0.3 is 16.0 Å². The van der Waals surface area contributed by atoms with Crippen LogP contribution in [-0.4, -0.2) is 25.0 Å². The van der Waals surface area contributed by atoms with Gasteiger partial charge in [-0.15, -0.1) is 0 Å². The van der Waals surface area contributed by atoms with E-state index in [-0.39, 0.29) is 18.0 Å². The van der Waals surface area contributed by atoms with Gasteiger partial charge in [-0.25, -0.2) is 0 Å². The van der Waals surface area contributed by atoms with Crippen LogP contribution in [-0.2, 0) is 11.3 Å². The standard InChI is InChI=1S/C16H27N3O/c1-5-8-12(2)18-16(20)13(3)19(4)15-10-7-6-9-14(15)11-17/h6-7,9-10,12-13H,5,8,11,17H2,1-4H3,(H,18,20). The molecule has 112 valence electrons. The van der Waals surface area contributed by atoms with Crippen molar-refractivity contribution in [3.63, 3.8) is 0 Å². The van der Waals surface area contributed by atoms with E-state index in [2.05, 4.69) is 12.2 Å². The van der Waals surface area contributed by atoms with Gasteiger partial charge in [0.05, 0.1) is 0 Å². The Bertz CT molecular complexity index is 433. The number of para-hydroxylation sites is 1. The van der Waals surface area contributed by atoms with E-state index >= 15 is 0 Å². The summed E-state index contributed by atoms with van der Waals surface area (Å²) in [5.74, 6) is 0.0558. The highest BCUT2D eigenvalue weighted by Crippen LogP contribution is 2.20. The topological polar surface area (TPSA) is 58.4 Å². The van der Waals surface area contributed by atoms with Crippen molar-refractivity contribution < 1.29 is 4.79 Å². The second-order valence-electron chi connectivity index (χ2n) is 5.32. The van der Waals surface area contributed by atoms with Crippen LogP contribution < -0.4 is 16.0 Å². The summed E-state index contributed by atoms with van der Waals surface area (Å²) in [6, 6.07) is 7.93. The molecule has 1 rings (SSSR count). The predicted molar refractivity (Wildman–Crippen MR) is 84.7 cm³/mol. The molecule has 0 aliphatic heterocycles. The third-order valence-corrected chi connectivity index (χ3v) is 3.66. The van der Waals surface area contributed by atoms with Crippen molar-refractivity contribution in [1.82, 2.24) is 5.32 Å². The van der Waals surface area contributed by atoms with Gasteiger partial charge in [0, 0.05) is 25.3 Å². The Kier molecular flexibility index (Phi) is 6.52. The van der Waals surface area contributed by atoms with Crippen LogP contribution in [0.2, 0.25) is 0 Å². The Labute approximate surface area is 122 Å². The van der Waals surface area contributed by atoms with E-state index in [1.54, 1.807) is 0 Å². The summed E-state index contributed by atoms with van der Waals surface area (Å²) in [5, 5.41) is 3.06. The molecule has 0 saturated carbocycles. The van der Waals surface area contributed by atoms with Gasteiger partial charge in [-0.2, -0.15) is 0 Å². The van der Waals surface area contributed by atoms with Gasteiger partial charge in [-0.1, -0.05) is 31.5 Å². The molecule has 3 N–H and O–H groups in total. The van der Waals surface area contributed by atoms with E-state index in [0.717, 1.165) is 24.1 Å². The molecule has 0 spiro atoms. The number of carbonyl (C=O) groups excluding carboxylic acids is 1. The number of nitrogens with one attached hydrogen (secondary N) is 1. The molecule has 0 fully saturated rings. The van der Waals surface area contributed by atoms with Crippen molar-refractivity contribution in [3.05, 3.63) is 29.8 Å². The third-order valence-electron chi connectivity index (χ3n) is 3.66. The van der Waals surface area contributed by atoms with Gasteiger partial charge >= 0.3 is 0 Å². The van der Waals surface area contributed by atoms with Gasteiger partial charge in [-0.05, 0) is 31.9 Å². The fourth-order valence-electron chi connectivity index (χ4n) is 2.28. The highest BCUT2D eigenvalue weighted by Gasteiger charge is 2.20. The number of hydrogen-bond donors (Lipinski definition) is 2. The molecule has 0 saturated heterocycles. The van der Waals surface area contributed by atoms with Crippen molar-refractivity contribution in [1.29, 1.82) is 0 Å². The molecule has 0 radical (unpaired) electrons. The summed E-state index contributed by atoms with van der Waals surface area (Å²) in [7, 11) is 1.93. The maximum Gasteiger partial charge on any atom is 0.242 e. The van der Waals surface area contributed by atoms with Crippen LogP contribution >= 0.6 is 0 Å². The summed E-state index contributed by atoms with van der Waals surface area (Å²) in [6.45, 7) is 6.56. The summed E-state index contributed by atoms with van der Waals surface area (Å²) in [6.07, 6.45) is 2.07. The predicted octanol–water partition coefficient (Wildman–Crippen LogP) is 2.27. The first-order valence-corrected chi connectivity index (χ1v) is 7.32. The van der Waals surface area contributed by atoms with Crippen LogP contribution in [0.15, 0.2) is 24.3 Å². The molecular weight excluding hydrogens is 250 g/mol. The van der Waals surface area contributed by atoms with Crippen LogP contribution in [0.4, 0.5) is 5.69 Å². The SMILES string of the molecule is CCCC(C)NC(=O)C(C)N(C)c1ccccc1CN. The molecule has 0 aliphatic rings. The molecule has 1 amide bonds. The van der Waals surface area contributed by atoms with Crippen molar-refractivity contribution in [2.45, 2.75) is 52.2 Å². The van der Waals surface area contributed by atoms with Gasteiger partial charge in [-0.3, -0.25) is 4.79 Å². The molecule has 4 heteroatoms. The first kappa shape index (κ1) is 16.5. The van der Waals surface area contributed by atoms with Crippen LogP contribution in [0.5, 0.6) is 0 Å². The van der Waals surface area contributed by atoms with Crippen molar-refractivity contribution in [2.75, 3.05) is 11.9 Å². The van der Waals surface area contributed by atoms with Crippen LogP contribution in [0.25, 0.3) is 0 Å². The second kappa shape index (κ2) is 7.90. The fraction of sp³-hybridized carbons (Fsp3) is 0.562. The van der Waals surface area contributed by atoms with Gasteiger partial charge in [0.15, 0.2) is 0 Å². The minimum absolute atomic E-state index is 0.0558. The Hall–Kier alpha value is -1.55. The summed E-state index contributed by atoms with van der Waals surface area (Å²) in [5.41, 5.74) is 7.82. The Morgan fingerprint density at radius 1 is 1.35 bits per heavy atom. The molecular formula is C16H27N3O. The highest BCUT2D eigenvalue weighted by molar-refractivity contribution is 5.85. The smallest absolute Gasteiger partial charge is 0.242 e. The lowest BCUT2D eigenvalue weighted by molar-refractivity contribution is -0.122. The first-order chi connectivity index (χ1) is 9.51. The van der Waals surface area contributed by atoms with E-state index in [1.165, 1.54) is 0 Å². The lowest BCUT2D eigenvalue weighted by Gasteiger charge is -2.29. The van der Waals surface area contributed by atoms with Gasteiger partial charge in [0.1, 0.15) is 6.04 Å². The van der Waals surface area contributed by atoms with E-state index in [9.17, 15) is 4.79 Å². The van der Waals surface area contributed by atoms with Crippen LogP contribution in [0.1, 0.15) is 39.2 Å². The highest BCUT2D eigenvalue weighted by atomic mass is 16.2. The monoisotopic (exact) mass is 277 g/mol. The number of carbonyl (C=O) groups is 1. The number of nitrogens with zero attached hydrogens (tertiary/aromatic N) is 1. The molecule has 2 unspecified atom stereocenters. The maximum absolute atomic E-state index is 12.3. The molecule has 0 heterocycles. The molecule has 2 atom stereocenters. The number of likely N-dealkylation sites (N-methyl/N-ethyl adjacent to an activating group) is 1. The van der Waals surface area contributed by atoms with Gasteiger partial charge in [0.25, 0.3) is 0 Å². The van der Waals surface area contributed by atoms with Crippen molar-refractivity contribution in [3.8, 4) is 0 Å². The van der Waals surface area contributed by atoms with E-state index < -0.39 is 0 Å². The number of nitrogens with two attached hydrogens (primary N) is 1. The fourth-order valence-corrected chi connectivity index (χ4v) is 2.28. The lowest BCUT2D eigenvalue weighted by atomic mass is 10.1. The summed E-state index contributed by atoms with van der Waals surface area (Å²) >= 11 is 0. The average molecular weight is 277 g/mol. The van der Waals surface area contributed by atoms with Crippen molar-refractivity contribution in [2.24, 2.45) is 5.73 Å². The van der Waals surface area contributed by atoms with E-state index in [4.69, 9.17) is 5.73 Å². The lowest BCUT2D eigenvalue weighted by Crippen LogP contribution is -2.46. The van der Waals surface area contributed by atoms with E-state index in [1.807, 2.05) is 50.1 Å². The Balaban J connectivity index is 2.75. The number of benzene rings is 1. The maximum atomic E-state index is 12.3. The number of hydrogen-bond acceptors (Lipinski definition) is 3. The molecule has 1 aromatic rings. The molecule has 20 heavy (non-hydrogen) atoms. The normalized spacial score (nSPS) is 13.7. The summed E-state index contributed by atoms with van der Waals surface area (Å²) < 4.78 is 0. The molecule has 0 aromatic heterocycles. The molecule has 0 aliphatic carbocycles. The van der Waals surface area contributed by atoms with Crippen LogP contribution in [0, 0.1) is 0 Å². The van der Waals surface area contributed by atoms with Crippen LogP contribution in [0.3, 0.4) is 0 Å². The molecule has 1 aromatic carbocycles. The number of amides is 1. The summed E-state index contributed by atoms with van der Waals surface area (Å²) in [4.78, 5) is 14.2. The average Bonchev–Trinajstić information content (AvgIpc) is 2.45. The number of anilines is 1. The Morgan fingerprint density at radius 3 is 2.60 bits per heavy atom. The zero-order chi connectivity index (χ0) is 15.1. The minimum Gasteiger partial charge on any atom is -0.363 e. The third kappa shape index (κ3) is 4.23. The quantitative estimate of drug-likeness (QED) is 0.804. The molecule has 0 bridgehead atoms. The van der Waals surface area contributed by atoms with Gasteiger partial charge in [0.2, 0.25) is 5.91 Å². The zero-order valence-corrected chi connectivity index (χ0v) is 13.0. The number of rotatable bonds is 7. The first-order valence-electron chi connectivity index (χ1n) is 7.32. The van der Waals surface area contributed by atoms with Crippen molar-refractivity contribution >= 4 is 11.6 Å².